The summed E-state index contributed by atoms with van der Waals surface area (Å²) in [4.78, 5) is 73.0. The fourth-order valence-electron chi connectivity index (χ4n) is 11.1. The van der Waals surface area contributed by atoms with E-state index in [0.717, 1.165) is 167 Å². The van der Waals surface area contributed by atoms with E-state index < -0.39 is 97.5 Å². The minimum atomic E-state index is -4.98. The normalized spacial score (nSPS) is 14.3. The number of carbonyl (C=O) groups excluding carboxylic acids is 4. The highest BCUT2D eigenvalue weighted by molar-refractivity contribution is 7.47. The number of aliphatic hydroxyl groups is 1. The van der Waals surface area contributed by atoms with Crippen molar-refractivity contribution in [2.24, 2.45) is 0 Å². The summed E-state index contributed by atoms with van der Waals surface area (Å²) >= 11 is 0. The molecule has 0 aliphatic rings. The van der Waals surface area contributed by atoms with Crippen LogP contribution in [-0.2, 0) is 65.4 Å². The summed E-state index contributed by atoms with van der Waals surface area (Å²) in [7, 11) is -9.96. The summed E-state index contributed by atoms with van der Waals surface area (Å²) in [6, 6.07) is 0. The SMILES string of the molecule is CC/C=C\C/C=C\C/C=C\CCCCCCCC(=O)OC(COC(=O)CCCCCCCC/C=C\C/C=C\C/C=C\CCCCC)COP(=O)(O)OCC(O)COP(=O)(O)OCC(COC(=O)CCCCCCCCCCCCCCCCC)OC(=O)CCCCCCC/C=C\CCCCCC. The third-order valence-electron chi connectivity index (χ3n) is 17.3. The van der Waals surface area contributed by atoms with Gasteiger partial charge in [0.2, 0.25) is 0 Å². The highest BCUT2D eigenvalue weighted by Crippen LogP contribution is 2.45. The number of esters is 4. The van der Waals surface area contributed by atoms with Gasteiger partial charge in [-0.1, -0.05) is 299 Å². The van der Waals surface area contributed by atoms with Gasteiger partial charge < -0.3 is 33.8 Å². The molecular formula is C83H148O17P2. The second-order valence-corrected chi connectivity index (χ2v) is 30.2. The average Bonchev–Trinajstić information content (AvgIpc) is 0.907. The number of unbranched alkanes of at least 4 members (excludes halogenated alkanes) is 37. The number of hydrogen-bond acceptors (Lipinski definition) is 15. The fourth-order valence-corrected chi connectivity index (χ4v) is 12.7. The summed E-state index contributed by atoms with van der Waals surface area (Å²) in [6.07, 6.45) is 78.4. The van der Waals surface area contributed by atoms with Gasteiger partial charge in [-0.15, -0.1) is 0 Å². The molecule has 0 spiro atoms. The first-order chi connectivity index (χ1) is 49.7. The standard InChI is InChI=1S/C83H148O17P2/c1-5-9-13-17-21-25-29-33-36-37-38-39-42-45-48-52-56-60-64-68-81(86)94-74-79(100-83(88)70-66-62-58-54-50-46-41-35-31-27-23-19-15-11-7-3)76-98-102(91,92)96-72-77(84)71-95-101(89,90)97-75-78(99-82(87)69-65-61-57-53-49-43-32-28-24-20-16-12-8-4)73-93-80(85)67-63-59-55-51-47-44-40-34-30-26-22-18-14-10-6-2/h11,15,21,23,25,27-28,32-33,35-36,38-39,41,77-79,84H,5-10,12-14,16-20,22,24,26,29-31,34,37,40,42-76H2,1-4H3,(H,89,90)(H,91,92)/b15-11-,25-21-,27-23-,32-28-,36-33-,39-38-,41-35-. The van der Waals surface area contributed by atoms with E-state index in [2.05, 4.69) is 113 Å². The molecule has 17 nitrogen and oxygen atoms in total. The number of aliphatic hydroxyl groups excluding tert-OH is 1. The van der Waals surface area contributed by atoms with Crippen LogP contribution in [0.4, 0.5) is 0 Å². The van der Waals surface area contributed by atoms with Crippen molar-refractivity contribution < 1.29 is 80.2 Å². The Bertz CT molecular complexity index is 2260. The Morgan fingerprint density at radius 1 is 0.284 bits per heavy atom. The molecule has 0 radical (unpaired) electrons. The number of allylic oxidation sites excluding steroid dienone is 14. The predicted octanol–water partition coefficient (Wildman–Crippen LogP) is 23.8. The molecular weight excluding hydrogens is 1330 g/mol. The zero-order valence-electron chi connectivity index (χ0n) is 64.8. The summed E-state index contributed by atoms with van der Waals surface area (Å²) < 4.78 is 68.6. The molecule has 0 aliphatic heterocycles. The predicted molar refractivity (Wildman–Crippen MR) is 418 cm³/mol. The maximum atomic E-state index is 13.1. The van der Waals surface area contributed by atoms with Crippen LogP contribution in [-0.4, -0.2) is 96.7 Å². The number of rotatable bonds is 77. The first kappa shape index (κ1) is 98.2. The fraction of sp³-hybridized carbons (Fsp3) is 0.783. The molecule has 0 aromatic carbocycles. The molecule has 3 N–H and O–H groups in total. The van der Waals surface area contributed by atoms with E-state index >= 15 is 0 Å². The monoisotopic (exact) mass is 1480 g/mol. The highest BCUT2D eigenvalue weighted by atomic mass is 31.2. The van der Waals surface area contributed by atoms with Crippen molar-refractivity contribution >= 4 is 39.5 Å². The van der Waals surface area contributed by atoms with Crippen LogP contribution < -0.4 is 0 Å². The topological polar surface area (TPSA) is 237 Å². The van der Waals surface area contributed by atoms with Gasteiger partial charge in [-0.3, -0.25) is 37.3 Å². The smallest absolute Gasteiger partial charge is 0.462 e. The molecule has 0 heterocycles. The zero-order valence-corrected chi connectivity index (χ0v) is 66.6. The Labute approximate surface area is 621 Å². The van der Waals surface area contributed by atoms with Crippen LogP contribution in [0.25, 0.3) is 0 Å². The molecule has 0 aliphatic carbocycles. The molecule has 19 heteroatoms. The van der Waals surface area contributed by atoms with Gasteiger partial charge in [0.25, 0.3) is 0 Å². The van der Waals surface area contributed by atoms with E-state index in [1.807, 2.05) is 0 Å². The van der Waals surface area contributed by atoms with Gasteiger partial charge in [-0.25, -0.2) is 9.13 Å². The third kappa shape index (κ3) is 74.5. The van der Waals surface area contributed by atoms with Crippen LogP contribution >= 0.6 is 15.6 Å². The van der Waals surface area contributed by atoms with Crippen molar-refractivity contribution in [1.82, 2.24) is 0 Å². The summed E-state index contributed by atoms with van der Waals surface area (Å²) in [5.74, 6) is -2.19. The van der Waals surface area contributed by atoms with Gasteiger partial charge in [0.05, 0.1) is 26.4 Å². The first-order valence-electron chi connectivity index (χ1n) is 40.8. The van der Waals surface area contributed by atoms with Crippen molar-refractivity contribution in [3.63, 3.8) is 0 Å². The largest absolute Gasteiger partial charge is 0.472 e. The van der Waals surface area contributed by atoms with Crippen LogP contribution in [0.3, 0.4) is 0 Å². The van der Waals surface area contributed by atoms with Crippen molar-refractivity contribution in [2.45, 2.75) is 380 Å². The van der Waals surface area contributed by atoms with Gasteiger partial charge in [0.1, 0.15) is 19.3 Å². The van der Waals surface area contributed by atoms with E-state index in [9.17, 15) is 43.2 Å². The Morgan fingerprint density at radius 2 is 0.510 bits per heavy atom. The lowest BCUT2D eigenvalue weighted by molar-refractivity contribution is -0.161. The van der Waals surface area contributed by atoms with Gasteiger partial charge >= 0.3 is 39.5 Å². The van der Waals surface area contributed by atoms with Crippen LogP contribution in [0.5, 0.6) is 0 Å². The molecule has 0 aromatic heterocycles. The molecule has 0 fully saturated rings. The Balaban J connectivity index is 5.34. The lowest BCUT2D eigenvalue weighted by Crippen LogP contribution is -2.30. The quantitative estimate of drug-likeness (QED) is 0.0169. The van der Waals surface area contributed by atoms with E-state index in [0.29, 0.717) is 25.7 Å². The van der Waals surface area contributed by atoms with E-state index in [4.69, 9.17) is 37.0 Å². The lowest BCUT2D eigenvalue weighted by Gasteiger charge is -2.21. The van der Waals surface area contributed by atoms with E-state index in [1.54, 1.807) is 0 Å². The molecule has 0 bridgehead atoms. The molecule has 0 rings (SSSR count). The second kappa shape index (κ2) is 75.5. The molecule has 5 unspecified atom stereocenters. The number of phosphoric acid groups is 2. The van der Waals surface area contributed by atoms with Gasteiger partial charge in [0.15, 0.2) is 12.2 Å². The van der Waals surface area contributed by atoms with Crippen molar-refractivity contribution in [3.8, 4) is 0 Å². The number of carbonyl (C=O) groups is 4. The molecule has 5 atom stereocenters. The van der Waals surface area contributed by atoms with Crippen LogP contribution in [0.2, 0.25) is 0 Å². The Morgan fingerprint density at radius 3 is 0.824 bits per heavy atom. The molecule has 102 heavy (non-hydrogen) atoms. The van der Waals surface area contributed by atoms with Crippen molar-refractivity contribution in [2.75, 3.05) is 39.6 Å². The van der Waals surface area contributed by atoms with Crippen molar-refractivity contribution in [3.05, 3.63) is 85.1 Å². The Hall–Kier alpha value is -3.76. The maximum absolute atomic E-state index is 13.1. The Kier molecular flexibility index (Phi) is 72.7. The van der Waals surface area contributed by atoms with Crippen molar-refractivity contribution in [1.29, 1.82) is 0 Å². The molecule has 592 valence electrons. The highest BCUT2D eigenvalue weighted by Gasteiger charge is 2.30. The number of ether oxygens (including phenoxy) is 4. The van der Waals surface area contributed by atoms with E-state index in [1.165, 1.54) is 116 Å². The van der Waals surface area contributed by atoms with Gasteiger partial charge in [0, 0.05) is 25.7 Å². The third-order valence-corrected chi connectivity index (χ3v) is 19.2. The van der Waals surface area contributed by atoms with Crippen LogP contribution in [0.15, 0.2) is 85.1 Å². The van der Waals surface area contributed by atoms with Crippen LogP contribution in [0.1, 0.15) is 362 Å². The summed E-state index contributed by atoms with van der Waals surface area (Å²) in [5.41, 5.74) is 0. The van der Waals surface area contributed by atoms with Crippen LogP contribution in [0, 0.1) is 0 Å². The minimum absolute atomic E-state index is 0.0734. The summed E-state index contributed by atoms with van der Waals surface area (Å²) in [5, 5.41) is 10.6. The second-order valence-electron chi connectivity index (χ2n) is 27.3. The molecule has 0 saturated carbocycles. The molecule has 0 aromatic rings. The van der Waals surface area contributed by atoms with E-state index in [-0.39, 0.29) is 25.7 Å². The average molecular weight is 1480 g/mol. The van der Waals surface area contributed by atoms with Gasteiger partial charge in [-0.05, 0) is 122 Å². The maximum Gasteiger partial charge on any atom is 0.472 e. The zero-order chi connectivity index (χ0) is 74.6. The number of hydrogen-bond donors (Lipinski definition) is 3. The van der Waals surface area contributed by atoms with Gasteiger partial charge in [-0.2, -0.15) is 0 Å². The lowest BCUT2D eigenvalue weighted by atomic mass is 10.0. The minimum Gasteiger partial charge on any atom is -0.462 e. The first-order valence-corrected chi connectivity index (χ1v) is 43.8. The molecule has 0 amide bonds. The summed E-state index contributed by atoms with van der Waals surface area (Å²) in [6.45, 7) is 4.74. The molecule has 0 saturated heterocycles. The number of phosphoric ester groups is 2.